The van der Waals surface area contributed by atoms with Crippen LogP contribution < -0.4 is 11.1 Å². The normalized spacial score (nSPS) is 17.2. The number of hydrogen-bond acceptors (Lipinski definition) is 4. The number of nitrogen functional groups attached to an aromatic ring is 1. The number of amides is 1. The topological polar surface area (TPSA) is 77.2 Å². The lowest BCUT2D eigenvalue weighted by atomic mass is 9.77. The van der Waals surface area contributed by atoms with Crippen molar-refractivity contribution >= 4 is 17.3 Å². The average molecular weight is 235 g/mol. The summed E-state index contributed by atoms with van der Waals surface area (Å²) >= 11 is 0. The van der Waals surface area contributed by atoms with Gasteiger partial charge in [-0.25, -0.2) is 0 Å². The summed E-state index contributed by atoms with van der Waals surface area (Å²) in [6.45, 7) is 0. The molecule has 5 nitrogen and oxygen atoms in total. The van der Waals surface area contributed by atoms with Gasteiger partial charge in [-0.15, -0.1) is 0 Å². The predicted octanol–water partition coefficient (Wildman–Crippen LogP) is 1.56. The first kappa shape index (κ1) is 11.9. The van der Waals surface area contributed by atoms with Gasteiger partial charge in [0.2, 0.25) is 5.91 Å². The highest BCUT2D eigenvalue weighted by atomic mass is 16.5. The van der Waals surface area contributed by atoms with Crippen molar-refractivity contribution in [2.24, 2.45) is 0 Å². The maximum Gasteiger partial charge on any atom is 0.227 e. The van der Waals surface area contributed by atoms with Crippen molar-refractivity contribution in [3.63, 3.8) is 0 Å². The summed E-state index contributed by atoms with van der Waals surface area (Å²) in [5, 5.41) is 2.78. The lowest BCUT2D eigenvalue weighted by Crippen LogP contribution is -2.42. The Morgan fingerprint density at radius 1 is 1.65 bits per heavy atom. The van der Waals surface area contributed by atoms with Crippen LogP contribution in [-0.2, 0) is 9.53 Å². The van der Waals surface area contributed by atoms with Crippen molar-refractivity contribution in [2.75, 3.05) is 18.2 Å². The van der Waals surface area contributed by atoms with Crippen molar-refractivity contribution in [3.05, 3.63) is 18.5 Å². The van der Waals surface area contributed by atoms with Crippen molar-refractivity contribution in [3.8, 4) is 0 Å². The predicted molar refractivity (Wildman–Crippen MR) is 65.5 cm³/mol. The summed E-state index contributed by atoms with van der Waals surface area (Å²) in [4.78, 5) is 15.7. The van der Waals surface area contributed by atoms with Crippen LogP contribution in [0.2, 0.25) is 0 Å². The molecule has 1 aliphatic carbocycles. The minimum atomic E-state index is -0.258. The molecule has 0 spiro atoms. The fourth-order valence-corrected chi connectivity index (χ4v) is 2.03. The Balaban J connectivity index is 1.96. The molecule has 1 heterocycles. The van der Waals surface area contributed by atoms with E-state index in [1.54, 1.807) is 19.4 Å². The third-order valence-corrected chi connectivity index (χ3v) is 3.31. The van der Waals surface area contributed by atoms with Gasteiger partial charge in [-0.3, -0.25) is 9.78 Å². The average Bonchev–Trinajstić information content (AvgIpc) is 2.27. The van der Waals surface area contributed by atoms with Crippen molar-refractivity contribution in [2.45, 2.75) is 31.3 Å². The molecule has 1 amide bonds. The van der Waals surface area contributed by atoms with Crippen LogP contribution in [0.4, 0.5) is 11.4 Å². The van der Waals surface area contributed by atoms with Gasteiger partial charge in [0.05, 0.1) is 29.6 Å². The second kappa shape index (κ2) is 4.71. The van der Waals surface area contributed by atoms with E-state index >= 15 is 0 Å². The molecular formula is C12H17N3O2. The maximum atomic E-state index is 11.9. The van der Waals surface area contributed by atoms with E-state index in [-0.39, 0.29) is 11.5 Å². The lowest BCUT2D eigenvalue weighted by Gasteiger charge is -2.39. The number of pyridine rings is 1. The van der Waals surface area contributed by atoms with Gasteiger partial charge in [-0.1, -0.05) is 0 Å². The van der Waals surface area contributed by atoms with E-state index in [9.17, 15) is 4.79 Å². The summed E-state index contributed by atoms with van der Waals surface area (Å²) in [5.41, 5.74) is 6.53. The Morgan fingerprint density at radius 2 is 2.41 bits per heavy atom. The van der Waals surface area contributed by atoms with Gasteiger partial charge in [0.15, 0.2) is 0 Å². The van der Waals surface area contributed by atoms with Gasteiger partial charge in [-0.05, 0) is 25.3 Å². The molecule has 1 aromatic rings. The summed E-state index contributed by atoms with van der Waals surface area (Å²) in [6, 6.07) is 1.69. The molecule has 17 heavy (non-hydrogen) atoms. The molecule has 0 radical (unpaired) electrons. The summed E-state index contributed by atoms with van der Waals surface area (Å²) < 4.78 is 5.41. The van der Waals surface area contributed by atoms with Crippen LogP contribution in [-0.4, -0.2) is 23.6 Å². The third-order valence-electron chi connectivity index (χ3n) is 3.31. The minimum absolute atomic E-state index is 0.0653. The van der Waals surface area contributed by atoms with E-state index in [2.05, 4.69) is 10.3 Å². The smallest absolute Gasteiger partial charge is 0.227 e. The van der Waals surface area contributed by atoms with E-state index in [1.807, 2.05) is 0 Å². The van der Waals surface area contributed by atoms with E-state index in [1.165, 1.54) is 6.20 Å². The largest absolute Gasteiger partial charge is 0.396 e. The zero-order chi connectivity index (χ0) is 12.3. The number of anilines is 2. The van der Waals surface area contributed by atoms with Crippen molar-refractivity contribution in [1.29, 1.82) is 0 Å². The van der Waals surface area contributed by atoms with Crippen LogP contribution in [0.3, 0.4) is 0 Å². The monoisotopic (exact) mass is 235 g/mol. The molecule has 5 heteroatoms. The molecule has 0 aliphatic heterocycles. The van der Waals surface area contributed by atoms with Crippen LogP contribution in [0.1, 0.15) is 25.7 Å². The third kappa shape index (κ3) is 2.55. The second-order valence-corrected chi connectivity index (χ2v) is 4.43. The van der Waals surface area contributed by atoms with E-state index in [0.29, 0.717) is 17.8 Å². The van der Waals surface area contributed by atoms with Crippen LogP contribution in [0.5, 0.6) is 0 Å². The fraction of sp³-hybridized carbons (Fsp3) is 0.500. The molecule has 1 saturated carbocycles. The van der Waals surface area contributed by atoms with E-state index < -0.39 is 0 Å². The molecule has 1 aliphatic rings. The number of nitrogens with one attached hydrogen (secondary N) is 1. The molecule has 0 bridgehead atoms. The van der Waals surface area contributed by atoms with Gasteiger partial charge in [0.1, 0.15) is 0 Å². The van der Waals surface area contributed by atoms with Gasteiger partial charge in [0, 0.05) is 13.3 Å². The Labute approximate surface area is 100 Å². The maximum absolute atomic E-state index is 11.9. The standard InChI is InChI=1S/C12H17N3O2/c1-17-12(4-2-5-12)7-11(16)15-10-3-6-14-8-9(10)13/h3,6,8H,2,4-5,7,13H2,1H3,(H,14,15,16). The Morgan fingerprint density at radius 3 is 2.94 bits per heavy atom. The minimum Gasteiger partial charge on any atom is -0.396 e. The van der Waals surface area contributed by atoms with Crippen LogP contribution in [0, 0.1) is 0 Å². The highest BCUT2D eigenvalue weighted by molar-refractivity contribution is 5.94. The highest BCUT2D eigenvalue weighted by Gasteiger charge is 2.39. The molecule has 92 valence electrons. The number of nitrogens with zero attached hydrogens (tertiary/aromatic N) is 1. The summed E-state index contributed by atoms with van der Waals surface area (Å²) in [5.74, 6) is -0.0653. The first-order valence-corrected chi connectivity index (χ1v) is 5.70. The molecule has 1 fully saturated rings. The van der Waals surface area contributed by atoms with Crippen molar-refractivity contribution in [1.82, 2.24) is 4.98 Å². The number of carbonyl (C=O) groups is 1. The summed E-state index contributed by atoms with van der Waals surface area (Å²) in [6.07, 6.45) is 6.52. The SMILES string of the molecule is COC1(CC(=O)Nc2ccncc2N)CCC1. The second-order valence-electron chi connectivity index (χ2n) is 4.43. The van der Waals surface area contributed by atoms with Gasteiger partial charge in [0.25, 0.3) is 0 Å². The van der Waals surface area contributed by atoms with Crippen LogP contribution in [0.25, 0.3) is 0 Å². The first-order chi connectivity index (χ1) is 8.15. The first-order valence-electron chi connectivity index (χ1n) is 5.70. The van der Waals surface area contributed by atoms with E-state index in [4.69, 9.17) is 10.5 Å². The van der Waals surface area contributed by atoms with E-state index in [0.717, 1.165) is 19.3 Å². The van der Waals surface area contributed by atoms with Crippen LogP contribution in [0.15, 0.2) is 18.5 Å². The molecule has 3 N–H and O–H groups in total. The molecule has 0 saturated heterocycles. The Hall–Kier alpha value is -1.62. The Bertz CT molecular complexity index is 410. The van der Waals surface area contributed by atoms with Gasteiger partial charge in [-0.2, -0.15) is 0 Å². The zero-order valence-corrected chi connectivity index (χ0v) is 9.90. The molecule has 0 aromatic carbocycles. The number of nitrogens with two attached hydrogens (primary N) is 1. The number of carbonyl (C=O) groups excluding carboxylic acids is 1. The number of rotatable bonds is 4. The van der Waals surface area contributed by atoms with Crippen LogP contribution >= 0.6 is 0 Å². The molecule has 2 rings (SSSR count). The van der Waals surface area contributed by atoms with Crippen molar-refractivity contribution < 1.29 is 9.53 Å². The molecule has 0 atom stereocenters. The highest BCUT2D eigenvalue weighted by Crippen LogP contribution is 2.38. The Kier molecular flexibility index (Phi) is 3.28. The number of aromatic nitrogens is 1. The zero-order valence-electron chi connectivity index (χ0n) is 9.90. The fourth-order valence-electron chi connectivity index (χ4n) is 2.03. The van der Waals surface area contributed by atoms with Gasteiger partial charge < -0.3 is 15.8 Å². The quantitative estimate of drug-likeness (QED) is 0.830. The molecule has 1 aromatic heterocycles. The number of ether oxygens (including phenoxy) is 1. The molecular weight excluding hydrogens is 218 g/mol. The number of hydrogen-bond donors (Lipinski definition) is 2. The van der Waals surface area contributed by atoms with Gasteiger partial charge >= 0.3 is 0 Å². The lowest BCUT2D eigenvalue weighted by molar-refractivity contribution is -0.129. The molecule has 0 unspecified atom stereocenters. The summed E-state index contributed by atoms with van der Waals surface area (Å²) in [7, 11) is 1.66. The number of methoxy groups -OCH3 is 1.